The molecule has 0 saturated carbocycles. The number of halogens is 2. The second-order valence-corrected chi connectivity index (χ2v) is 11.2. The van der Waals surface area contributed by atoms with E-state index in [1.807, 2.05) is 6.07 Å². The summed E-state index contributed by atoms with van der Waals surface area (Å²) >= 11 is 6.58. The van der Waals surface area contributed by atoms with Crippen LogP contribution in [0.2, 0.25) is 0 Å². The molecule has 0 bridgehead atoms. The number of benzene rings is 4. The number of aromatic carboxylic acids is 1. The van der Waals surface area contributed by atoms with Gasteiger partial charge in [0.25, 0.3) is 5.91 Å². The lowest BCUT2D eigenvalue weighted by Gasteiger charge is -2.18. The molecule has 0 heterocycles. The Morgan fingerprint density at radius 1 is 0.667 bits per heavy atom. The molecule has 0 saturated heterocycles. The van der Waals surface area contributed by atoms with Crippen molar-refractivity contribution in [2.45, 2.75) is 0 Å². The van der Waals surface area contributed by atoms with Gasteiger partial charge in [-0.2, -0.15) is 0 Å². The van der Waals surface area contributed by atoms with Gasteiger partial charge in [-0.25, -0.2) is 4.79 Å². The summed E-state index contributed by atoms with van der Waals surface area (Å²) in [6.45, 7) is 1.02. The molecule has 1 amide bonds. The number of aliphatic hydroxyl groups is 2. The SMILES string of the molecule is CN(CCO)C(=O)c1ccc(Br)cc1C(=O)c1ccccc1.CNCCO.O=C(O)c1ccc(Br)cc1C(=O)c1ccccc1. The number of carbonyl (C=O) groups excluding carboxylic acids is 3. The molecule has 0 aliphatic rings. The monoisotopic (exact) mass is 740 g/mol. The highest BCUT2D eigenvalue weighted by Gasteiger charge is 2.21. The van der Waals surface area contributed by atoms with Gasteiger partial charge >= 0.3 is 5.97 Å². The number of rotatable bonds is 10. The molecule has 0 aliphatic heterocycles. The molecule has 0 fully saturated rings. The molecule has 4 aromatic rings. The smallest absolute Gasteiger partial charge is 0.336 e. The standard InChI is InChI=1S/C17H16BrNO3.C14H9BrO3.C3H9NO/c1-19(9-10-20)17(22)14-8-7-13(18)11-15(14)16(21)12-5-3-2-4-6-12;15-10-6-7-11(14(17)18)12(8-10)13(16)9-4-2-1-3-5-9;1-4-2-3-5/h2-8,11,20H,9-10H2,1H3;1-8H,(H,17,18);4-5H,2-3H2,1H3. The van der Waals surface area contributed by atoms with Gasteiger partial charge in [-0.1, -0.05) is 92.5 Å². The van der Waals surface area contributed by atoms with E-state index in [1.54, 1.807) is 93.0 Å². The van der Waals surface area contributed by atoms with E-state index in [0.717, 1.165) is 4.47 Å². The van der Waals surface area contributed by atoms with Crippen molar-refractivity contribution in [3.8, 4) is 0 Å². The normalized spacial score (nSPS) is 10.0. The summed E-state index contributed by atoms with van der Waals surface area (Å²) in [6.07, 6.45) is 0. The van der Waals surface area contributed by atoms with Crippen LogP contribution in [0.4, 0.5) is 0 Å². The Morgan fingerprint density at radius 2 is 1.11 bits per heavy atom. The van der Waals surface area contributed by atoms with Gasteiger partial charge in [0.05, 0.1) is 24.3 Å². The number of likely N-dealkylation sites (N-methyl/N-ethyl adjacent to an activating group) is 2. The third-order valence-corrected chi connectivity index (χ3v) is 7.12. The van der Waals surface area contributed by atoms with E-state index in [4.69, 9.17) is 15.3 Å². The summed E-state index contributed by atoms with van der Waals surface area (Å²) in [5.41, 5.74) is 1.86. The Kier molecular flexibility index (Phi) is 16.0. The zero-order valence-corrected chi connectivity index (χ0v) is 27.9. The van der Waals surface area contributed by atoms with E-state index in [1.165, 1.54) is 17.0 Å². The molecule has 0 spiro atoms. The predicted octanol–water partition coefficient (Wildman–Crippen LogP) is 5.32. The first kappa shape index (κ1) is 37.2. The Balaban J connectivity index is 0.000000277. The van der Waals surface area contributed by atoms with E-state index >= 15 is 0 Å². The van der Waals surface area contributed by atoms with Crippen molar-refractivity contribution in [3.05, 3.63) is 139 Å². The van der Waals surface area contributed by atoms with Crippen LogP contribution >= 0.6 is 31.9 Å². The van der Waals surface area contributed by atoms with Gasteiger partial charge in [0, 0.05) is 51.3 Å². The van der Waals surface area contributed by atoms with Crippen LogP contribution in [-0.2, 0) is 0 Å². The molecule has 4 aromatic carbocycles. The summed E-state index contributed by atoms with van der Waals surface area (Å²) in [7, 11) is 3.40. The van der Waals surface area contributed by atoms with Crippen molar-refractivity contribution in [2.75, 3.05) is 40.4 Å². The van der Waals surface area contributed by atoms with E-state index in [-0.39, 0.29) is 48.4 Å². The fourth-order valence-electron chi connectivity index (χ4n) is 3.84. The van der Waals surface area contributed by atoms with Gasteiger partial charge in [0.15, 0.2) is 11.6 Å². The molecule has 0 atom stereocenters. The van der Waals surface area contributed by atoms with E-state index in [9.17, 15) is 19.2 Å². The molecule has 11 heteroatoms. The van der Waals surface area contributed by atoms with Gasteiger partial charge < -0.3 is 25.5 Å². The zero-order chi connectivity index (χ0) is 33.4. The highest BCUT2D eigenvalue weighted by atomic mass is 79.9. The van der Waals surface area contributed by atoms with Gasteiger partial charge in [-0.05, 0) is 43.4 Å². The molecule has 4 N–H and O–H groups in total. The summed E-state index contributed by atoms with van der Waals surface area (Å²) in [5.74, 6) is -1.90. The summed E-state index contributed by atoms with van der Waals surface area (Å²) in [6, 6.07) is 27.0. The number of nitrogens with zero attached hydrogens (tertiary/aromatic N) is 1. The minimum atomic E-state index is -1.11. The number of hydrogen-bond donors (Lipinski definition) is 4. The maximum atomic E-state index is 12.7. The van der Waals surface area contributed by atoms with Gasteiger partial charge in [-0.15, -0.1) is 0 Å². The minimum absolute atomic E-state index is 0.00653. The van der Waals surface area contributed by atoms with Crippen LogP contribution in [0.15, 0.2) is 106 Å². The van der Waals surface area contributed by atoms with Crippen molar-refractivity contribution < 1.29 is 34.5 Å². The molecule has 4 rings (SSSR count). The number of hydrogen-bond acceptors (Lipinski definition) is 7. The topological polar surface area (TPSA) is 144 Å². The highest BCUT2D eigenvalue weighted by molar-refractivity contribution is 9.10. The number of carboxylic acids is 1. The first-order valence-electron chi connectivity index (χ1n) is 13.7. The fourth-order valence-corrected chi connectivity index (χ4v) is 4.56. The average Bonchev–Trinajstić information content (AvgIpc) is 3.05. The highest BCUT2D eigenvalue weighted by Crippen LogP contribution is 2.22. The van der Waals surface area contributed by atoms with Crippen molar-refractivity contribution in [1.29, 1.82) is 0 Å². The number of carboxylic acid groups (broad SMARTS) is 1. The predicted molar refractivity (Wildman–Crippen MR) is 180 cm³/mol. The van der Waals surface area contributed by atoms with Crippen LogP contribution < -0.4 is 5.32 Å². The second kappa shape index (κ2) is 19.4. The van der Waals surface area contributed by atoms with Crippen molar-refractivity contribution in [3.63, 3.8) is 0 Å². The Morgan fingerprint density at radius 3 is 1.49 bits per heavy atom. The first-order chi connectivity index (χ1) is 21.5. The van der Waals surface area contributed by atoms with Gasteiger partial charge in [0.2, 0.25) is 0 Å². The van der Waals surface area contributed by atoms with Crippen molar-refractivity contribution >= 4 is 55.3 Å². The number of amides is 1. The summed E-state index contributed by atoms with van der Waals surface area (Å²) in [4.78, 5) is 49.8. The van der Waals surface area contributed by atoms with Crippen LogP contribution in [0, 0.1) is 0 Å². The van der Waals surface area contributed by atoms with Gasteiger partial charge in [0.1, 0.15) is 0 Å². The quantitative estimate of drug-likeness (QED) is 0.160. The molecule has 236 valence electrons. The largest absolute Gasteiger partial charge is 0.478 e. The molecule has 0 unspecified atom stereocenters. The lowest BCUT2D eigenvalue weighted by molar-refractivity contribution is 0.0692. The van der Waals surface area contributed by atoms with E-state index < -0.39 is 5.97 Å². The third-order valence-electron chi connectivity index (χ3n) is 6.13. The van der Waals surface area contributed by atoms with E-state index in [0.29, 0.717) is 33.3 Å². The molecule has 0 aromatic heterocycles. The van der Waals surface area contributed by atoms with Crippen LogP contribution in [0.3, 0.4) is 0 Å². The van der Waals surface area contributed by atoms with E-state index in [2.05, 4.69) is 37.2 Å². The Hall–Kier alpha value is -4.00. The van der Waals surface area contributed by atoms with Crippen LogP contribution in [-0.4, -0.2) is 84.1 Å². The summed E-state index contributed by atoms with van der Waals surface area (Å²) in [5, 5.41) is 28.8. The lowest BCUT2D eigenvalue weighted by atomic mass is 9.97. The zero-order valence-electron chi connectivity index (χ0n) is 24.7. The lowest BCUT2D eigenvalue weighted by Crippen LogP contribution is -2.30. The Bertz CT molecular complexity index is 1580. The van der Waals surface area contributed by atoms with Crippen LogP contribution in [0.25, 0.3) is 0 Å². The minimum Gasteiger partial charge on any atom is -0.478 e. The molecule has 9 nitrogen and oxygen atoms in total. The second-order valence-electron chi connectivity index (χ2n) is 9.35. The summed E-state index contributed by atoms with van der Waals surface area (Å²) < 4.78 is 1.40. The molecular weight excluding hydrogens is 708 g/mol. The maximum absolute atomic E-state index is 12.7. The first-order valence-corrected chi connectivity index (χ1v) is 15.3. The van der Waals surface area contributed by atoms with Crippen molar-refractivity contribution in [2.24, 2.45) is 0 Å². The Labute approximate surface area is 278 Å². The number of aliphatic hydroxyl groups excluding tert-OH is 2. The third kappa shape index (κ3) is 11.5. The molecule has 0 aliphatic carbocycles. The fraction of sp³-hybridized carbons (Fsp3) is 0.176. The number of carbonyl (C=O) groups is 4. The number of ketones is 2. The van der Waals surface area contributed by atoms with Crippen LogP contribution in [0.1, 0.15) is 52.6 Å². The maximum Gasteiger partial charge on any atom is 0.336 e. The average molecular weight is 742 g/mol. The molecule has 0 radical (unpaired) electrons. The van der Waals surface area contributed by atoms with Crippen molar-refractivity contribution in [1.82, 2.24) is 10.2 Å². The molecule has 45 heavy (non-hydrogen) atoms. The van der Waals surface area contributed by atoms with Crippen LogP contribution in [0.5, 0.6) is 0 Å². The molecular formula is C34H34Br2N2O7. The number of nitrogens with one attached hydrogen (secondary N) is 1. The van der Waals surface area contributed by atoms with Gasteiger partial charge in [-0.3, -0.25) is 14.4 Å².